The maximum atomic E-state index is 13.1. The highest BCUT2D eigenvalue weighted by atomic mass is 32.2. The molecule has 2 fully saturated rings. The van der Waals surface area contributed by atoms with Gasteiger partial charge < -0.3 is 9.30 Å². The lowest BCUT2D eigenvalue weighted by Crippen LogP contribution is -2.39. The smallest absolute Gasteiger partial charge is 0.236 e. The van der Waals surface area contributed by atoms with E-state index in [0.717, 1.165) is 66.6 Å². The lowest BCUT2D eigenvalue weighted by atomic mass is 10.1. The molecule has 6 rings (SSSR count). The molecule has 37 heavy (non-hydrogen) atoms. The first-order valence-corrected chi connectivity index (χ1v) is 14.5. The number of hydrogen-bond donors (Lipinski definition) is 0. The number of carbonyl (C=O) groups is 1. The minimum absolute atomic E-state index is 0.135. The molecule has 4 aromatic rings. The summed E-state index contributed by atoms with van der Waals surface area (Å²) in [7, 11) is -1.86. The summed E-state index contributed by atoms with van der Waals surface area (Å²) in [4.78, 5) is 21.4. The molecule has 9 nitrogen and oxygen atoms in total. The van der Waals surface area contributed by atoms with E-state index >= 15 is 0 Å². The molecule has 10 heteroatoms. The number of nitrogens with zero attached hydrogens (tertiary/aromatic N) is 5. The Kier molecular flexibility index (Phi) is 5.74. The second-order valence-corrected chi connectivity index (χ2v) is 12.3. The van der Waals surface area contributed by atoms with Gasteiger partial charge in [0.1, 0.15) is 29.1 Å². The Bertz CT molecular complexity index is 1630. The Morgan fingerprint density at radius 1 is 1.11 bits per heavy atom. The zero-order chi connectivity index (χ0) is 25.9. The predicted octanol–water partition coefficient (Wildman–Crippen LogP) is 4.60. The van der Waals surface area contributed by atoms with Gasteiger partial charge in [0.05, 0.1) is 24.3 Å². The van der Waals surface area contributed by atoms with Crippen LogP contribution in [0.3, 0.4) is 0 Å². The summed E-state index contributed by atoms with van der Waals surface area (Å²) in [6, 6.07) is 9.19. The van der Waals surface area contributed by atoms with Crippen molar-refractivity contribution in [3.63, 3.8) is 0 Å². The molecule has 1 saturated heterocycles. The topological polar surface area (TPSA) is 98.8 Å². The molecule has 4 aromatic heterocycles. The number of sulfonamides is 1. The predicted molar refractivity (Wildman–Crippen MR) is 143 cm³/mol. The van der Waals surface area contributed by atoms with E-state index in [9.17, 15) is 13.2 Å². The second-order valence-electron chi connectivity index (χ2n) is 10.3. The lowest BCUT2D eigenvalue weighted by Gasteiger charge is -2.27. The fraction of sp³-hybridized carbons (Fsp3) is 0.444. The highest BCUT2D eigenvalue weighted by Crippen LogP contribution is 2.38. The molecule has 0 spiro atoms. The van der Waals surface area contributed by atoms with Gasteiger partial charge in [0.25, 0.3) is 0 Å². The average molecular weight is 522 g/mol. The number of carbonyl (C=O) groups excluding carboxylic acids is 1. The Balaban J connectivity index is 1.55. The number of methoxy groups -OCH3 is 1. The molecule has 0 bridgehead atoms. The van der Waals surface area contributed by atoms with Crippen LogP contribution < -0.4 is 9.04 Å². The summed E-state index contributed by atoms with van der Waals surface area (Å²) >= 11 is 0. The molecule has 1 aliphatic heterocycles. The molecule has 194 valence electrons. The zero-order valence-corrected chi connectivity index (χ0v) is 22.2. The van der Waals surface area contributed by atoms with Crippen molar-refractivity contribution in [1.82, 2.24) is 18.9 Å². The molecule has 0 radical (unpaired) electrons. The van der Waals surface area contributed by atoms with Gasteiger partial charge in [-0.05, 0) is 69.7 Å². The van der Waals surface area contributed by atoms with Crippen molar-refractivity contribution in [3.8, 4) is 17.3 Å². The maximum Gasteiger partial charge on any atom is 0.236 e. The van der Waals surface area contributed by atoms with Crippen molar-refractivity contribution in [3.05, 3.63) is 41.6 Å². The van der Waals surface area contributed by atoms with Crippen LogP contribution in [0.5, 0.6) is 5.88 Å². The van der Waals surface area contributed by atoms with Crippen LogP contribution in [-0.4, -0.2) is 52.5 Å². The van der Waals surface area contributed by atoms with Gasteiger partial charge in [-0.15, -0.1) is 0 Å². The quantitative estimate of drug-likeness (QED) is 0.344. The Morgan fingerprint density at radius 2 is 1.92 bits per heavy atom. The van der Waals surface area contributed by atoms with Crippen LogP contribution in [-0.2, 0) is 16.6 Å². The van der Waals surface area contributed by atoms with Crippen LogP contribution in [0.1, 0.15) is 55.1 Å². The minimum Gasteiger partial charge on any atom is -0.482 e. The van der Waals surface area contributed by atoms with Crippen molar-refractivity contribution < 1.29 is 17.9 Å². The van der Waals surface area contributed by atoms with Crippen molar-refractivity contribution in [2.24, 2.45) is 5.92 Å². The van der Waals surface area contributed by atoms with Gasteiger partial charge in [0.2, 0.25) is 10.0 Å². The summed E-state index contributed by atoms with van der Waals surface area (Å²) in [6.45, 7) is 4.74. The summed E-state index contributed by atoms with van der Waals surface area (Å²) < 4.78 is 37.5. The number of imidazole rings is 1. The van der Waals surface area contributed by atoms with E-state index < -0.39 is 10.0 Å². The molecule has 0 aromatic carbocycles. The molecular formula is C27H31N5O4S. The fourth-order valence-corrected chi connectivity index (χ4v) is 7.32. The first-order chi connectivity index (χ1) is 17.8. The number of anilines is 1. The first-order valence-electron chi connectivity index (χ1n) is 12.9. The van der Waals surface area contributed by atoms with Crippen molar-refractivity contribution in [1.29, 1.82) is 0 Å². The van der Waals surface area contributed by atoms with E-state index in [1.807, 2.05) is 30.4 Å². The SMILES string of the molecule is COc1cc(C=O)cc2nc(-c3cc4ccc(N5C(C)CCCCS5(=O)=O)nc4n3CC3CC3)c(C)n12. The summed E-state index contributed by atoms with van der Waals surface area (Å²) in [5, 5.41) is 0.941. The third-order valence-electron chi connectivity index (χ3n) is 7.59. The maximum absolute atomic E-state index is 13.1. The fourth-order valence-electron chi connectivity index (χ4n) is 5.52. The van der Waals surface area contributed by atoms with Crippen LogP contribution in [0.4, 0.5) is 5.82 Å². The van der Waals surface area contributed by atoms with Crippen molar-refractivity contribution in [2.45, 2.75) is 58.5 Å². The number of pyridine rings is 2. The number of aryl methyl sites for hydroxylation is 1. The number of aromatic nitrogens is 4. The van der Waals surface area contributed by atoms with Crippen LogP contribution in [0, 0.1) is 12.8 Å². The van der Waals surface area contributed by atoms with Crippen molar-refractivity contribution in [2.75, 3.05) is 17.2 Å². The molecule has 5 heterocycles. The largest absolute Gasteiger partial charge is 0.482 e. The molecule has 1 aliphatic carbocycles. The number of hydrogen-bond acceptors (Lipinski definition) is 6. The normalized spacial score (nSPS) is 19.9. The number of fused-ring (bicyclic) bond motifs is 2. The number of ether oxygens (including phenoxy) is 1. The Labute approximate surface area is 216 Å². The van der Waals surface area contributed by atoms with Crippen molar-refractivity contribution >= 4 is 38.8 Å². The minimum atomic E-state index is -3.43. The van der Waals surface area contributed by atoms with Gasteiger partial charge in [0.15, 0.2) is 5.88 Å². The second kappa shape index (κ2) is 8.86. The van der Waals surface area contributed by atoms with Gasteiger partial charge >= 0.3 is 0 Å². The van der Waals surface area contributed by atoms with Gasteiger partial charge in [-0.3, -0.25) is 13.5 Å². The van der Waals surface area contributed by atoms with E-state index in [1.54, 1.807) is 19.2 Å². The first kappa shape index (κ1) is 24.0. The van der Waals surface area contributed by atoms with Gasteiger partial charge in [-0.1, -0.05) is 6.42 Å². The molecule has 0 N–H and O–H groups in total. The number of rotatable bonds is 6. The van der Waals surface area contributed by atoms with Crippen LogP contribution >= 0.6 is 0 Å². The van der Waals surface area contributed by atoms with E-state index in [0.29, 0.717) is 35.2 Å². The monoisotopic (exact) mass is 521 g/mol. The summed E-state index contributed by atoms with van der Waals surface area (Å²) in [5.74, 6) is 1.74. The highest BCUT2D eigenvalue weighted by molar-refractivity contribution is 7.92. The molecule has 1 atom stereocenters. The molecule has 2 aliphatic rings. The lowest BCUT2D eigenvalue weighted by molar-refractivity contribution is 0.112. The standard InChI is InChI=1S/C27H31N5O4S/c1-17-6-4-5-11-37(34,35)32(17)23-10-9-21-14-22(30(27(21)29-23)15-19-7-8-19)26-18(2)31-24(28-26)12-20(16-33)13-25(31)36-3/h9-10,12-14,16-17,19H,4-8,11,15H2,1-3H3. The third-order valence-corrected chi connectivity index (χ3v) is 9.55. The molecular weight excluding hydrogens is 490 g/mol. The van der Waals surface area contributed by atoms with E-state index in [1.165, 1.54) is 4.31 Å². The molecule has 1 saturated carbocycles. The zero-order valence-electron chi connectivity index (χ0n) is 21.3. The van der Waals surface area contributed by atoms with Gasteiger partial charge in [-0.2, -0.15) is 0 Å². The third kappa shape index (κ3) is 4.07. The Morgan fingerprint density at radius 3 is 2.65 bits per heavy atom. The van der Waals surface area contributed by atoms with E-state index in [2.05, 4.69) is 10.6 Å². The Hall–Kier alpha value is -3.40. The van der Waals surface area contributed by atoms with E-state index in [-0.39, 0.29) is 11.8 Å². The molecule has 0 amide bonds. The van der Waals surface area contributed by atoms with Gasteiger partial charge in [0, 0.05) is 29.6 Å². The van der Waals surface area contributed by atoms with E-state index in [4.69, 9.17) is 14.7 Å². The van der Waals surface area contributed by atoms with Gasteiger partial charge in [-0.25, -0.2) is 18.4 Å². The highest BCUT2D eigenvalue weighted by Gasteiger charge is 2.32. The number of aldehydes is 1. The molecule has 1 unspecified atom stereocenters. The summed E-state index contributed by atoms with van der Waals surface area (Å²) in [6.07, 6.45) is 5.51. The van der Waals surface area contributed by atoms with Crippen LogP contribution in [0.15, 0.2) is 30.3 Å². The van der Waals surface area contributed by atoms with Crippen LogP contribution in [0.25, 0.3) is 28.1 Å². The van der Waals surface area contributed by atoms with Crippen LogP contribution in [0.2, 0.25) is 0 Å². The average Bonchev–Trinajstić information content (AvgIpc) is 3.58. The summed E-state index contributed by atoms with van der Waals surface area (Å²) in [5.41, 5.74) is 4.51.